The maximum absolute atomic E-state index is 12.9. The zero-order chi connectivity index (χ0) is 24.7. The molecule has 0 radical (unpaired) electrons. The van der Waals surface area contributed by atoms with Gasteiger partial charge in [0.2, 0.25) is 5.91 Å². The second-order valence-corrected chi connectivity index (χ2v) is 7.58. The molecule has 1 aliphatic rings. The minimum absolute atomic E-state index is 0.0398. The molecule has 2 N–H and O–H groups in total. The van der Waals surface area contributed by atoms with Gasteiger partial charge in [0, 0.05) is 37.3 Å². The highest BCUT2D eigenvalue weighted by atomic mass is 19.4. The Balaban J connectivity index is 1.61. The number of nitrogens with zero attached hydrogens (tertiary/aromatic N) is 2. The topological polar surface area (TPSA) is 114 Å². The van der Waals surface area contributed by atoms with Gasteiger partial charge in [-0.1, -0.05) is 18.2 Å². The van der Waals surface area contributed by atoms with E-state index in [1.165, 1.54) is 30.3 Å². The van der Waals surface area contributed by atoms with E-state index in [-0.39, 0.29) is 30.4 Å². The maximum atomic E-state index is 12.9. The molecule has 1 fully saturated rings. The van der Waals surface area contributed by atoms with Gasteiger partial charge in [-0.3, -0.25) is 24.6 Å². The number of halogens is 3. The van der Waals surface area contributed by atoms with Crippen LogP contribution < -0.4 is 10.6 Å². The molecule has 2 aromatic rings. The third-order valence-electron chi connectivity index (χ3n) is 5.33. The van der Waals surface area contributed by atoms with Crippen LogP contribution in [0.15, 0.2) is 48.5 Å². The van der Waals surface area contributed by atoms with Gasteiger partial charge in [-0.05, 0) is 23.8 Å². The van der Waals surface area contributed by atoms with Crippen LogP contribution in [0.25, 0.3) is 0 Å². The smallest absolute Gasteiger partial charge is 0.379 e. The number of morpholine rings is 1. The molecular weight excluding hydrogens is 457 g/mol. The standard InChI is InChI=1S/C22H23F3N4O5/c23-22(24,25)17-6-4-15(5-7-17)19(28-8-10-34-11-9-28)13-26-20(30)14-27-21(31)16-2-1-3-18(12-16)29(32)33/h1-7,12,19H,8-11,13-14H2,(H,26,30)(H,27,31). The van der Waals surface area contributed by atoms with Crippen molar-refractivity contribution in [2.45, 2.75) is 12.2 Å². The molecule has 2 amide bonds. The van der Waals surface area contributed by atoms with Crippen LogP contribution >= 0.6 is 0 Å². The highest BCUT2D eigenvalue weighted by Gasteiger charge is 2.31. The molecule has 1 unspecified atom stereocenters. The van der Waals surface area contributed by atoms with Crippen molar-refractivity contribution in [2.24, 2.45) is 0 Å². The van der Waals surface area contributed by atoms with E-state index in [0.29, 0.717) is 31.9 Å². The monoisotopic (exact) mass is 480 g/mol. The first-order valence-corrected chi connectivity index (χ1v) is 10.4. The van der Waals surface area contributed by atoms with E-state index >= 15 is 0 Å². The van der Waals surface area contributed by atoms with Gasteiger partial charge in [-0.25, -0.2) is 0 Å². The fourth-order valence-corrected chi connectivity index (χ4v) is 3.54. The van der Waals surface area contributed by atoms with Crippen LogP contribution in [0.3, 0.4) is 0 Å². The molecule has 1 saturated heterocycles. The van der Waals surface area contributed by atoms with Gasteiger partial charge in [-0.15, -0.1) is 0 Å². The summed E-state index contributed by atoms with van der Waals surface area (Å²) >= 11 is 0. The molecule has 0 bridgehead atoms. The van der Waals surface area contributed by atoms with Crippen LogP contribution in [-0.2, 0) is 15.7 Å². The zero-order valence-corrected chi connectivity index (χ0v) is 18.0. The van der Waals surface area contributed by atoms with Gasteiger partial charge < -0.3 is 15.4 Å². The minimum Gasteiger partial charge on any atom is -0.379 e. The zero-order valence-electron chi connectivity index (χ0n) is 18.0. The molecule has 1 atom stereocenters. The highest BCUT2D eigenvalue weighted by molar-refractivity contribution is 5.96. The summed E-state index contributed by atoms with van der Waals surface area (Å²) in [6, 6.07) is 9.50. The lowest BCUT2D eigenvalue weighted by atomic mass is 10.0. The van der Waals surface area contributed by atoms with Crippen LogP contribution in [0.2, 0.25) is 0 Å². The summed E-state index contributed by atoms with van der Waals surface area (Å²) in [6.07, 6.45) is -4.45. The number of non-ortho nitro benzene ring substituents is 1. The normalized spacial score (nSPS) is 15.4. The number of amides is 2. The number of nitro groups is 1. The van der Waals surface area contributed by atoms with Gasteiger partial charge >= 0.3 is 6.18 Å². The van der Waals surface area contributed by atoms with Crippen molar-refractivity contribution in [3.63, 3.8) is 0 Å². The van der Waals surface area contributed by atoms with Crippen LogP contribution in [0.4, 0.5) is 18.9 Å². The lowest BCUT2D eigenvalue weighted by molar-refractivity contribution is -0.384. The van der Waals surface area contributed by atoms with E-state index in [9.17, 15) is 32.9 Å². The van der Waals surface area contributed by atoms with E-state index < -0.39 is 28.5 Å². The average molecular weight is 480 g/mol. The first-order chi connectivity index (χ1) is 16.1. The number of ether oxygens (including phenoxy) is 1. The Morgan fingerprint density at radius 1 is 1.09 bits per heavy atom. The van der Waals surface area contributed by atoms with Crippen molar-refractivity contribution in [2.75, 3.05) is 39.4 Å². The number of carbonyl (C=O) groups is 2. The van der Waals surface area contributed by atoms with Crippen LogP contribution in [0.5, 0.6) is 0 Å². The van der Waals surface area contributed by atoms with Crippen molar-refractivity contribution in [3.8, 4) is 0 Å². The first-order valence-electron chi connectivity index (χ1n) is 10.4. The molecule has 0 aliphatic carbocycles. The fourth-order valence-electron chi connectivity index (χ4n) is 3.54. The van der Waals surface area contributed by atoms with E-state index in [2.05, 4.69) is 10.6 Å². The average Bonchev–Trinajstić information content (AvgIpc) is 2.83. The Morgan fingerprint density at radius 2 is 1.76 bits per heavy atom. The Labute approximate surface area is 193 Å². The first kappa shape index (κ1) is 25.1. The van der Waals surface area contributed by atoms with E-state index in [0.717, 1.165) is 18.2 Å². The SMILES string of the molecule is O=C(CNC(=O)c1cccc([N+](=O)[O-])c1)NCC(c1ccc(C(F)(F)F)cc1)N1CCOCC1. The molecule has 12 heteroatoms. The summed E-state index contributed by atoms with van der Waals surface area (Å²) in [5, 5.41) is 15.9. The lowest BCUT2D eigenvalue weighted by Gasteiger charge is -2.35. The lowest BCUT2D eigenvalue weighted by Crippen LogP contribution is -2.45. The molecule has 0 spiro atoms. The molecule has 2 aromatic carbocycles. The van der Waals surface area contributed by atoms with Crippen molar-refractivity contribution in [1.29, 1.82) is 0 Å². The number of hydrogen-bond acceptors (Lipinski definition) is 6. The van der Waals surface area contributed by atoms with Gasteiger partial charge in [-0.2, -0.15) is 13.2 Å². The number of nitro benzene ring substituents is 1. The fraction of sp³-hybridized carbons (Fsp3) is 0.364. The van der Waals surface area contributed by atoms with Gasteiger partial charge in [0.05, 0.1) is 36.3 Å². The van der Waals surface area contributed by atoms with Crippen LogP contribution in [0.1, 0.15) is 27.5 Å². The molecular formula is C22H23F3N4O5. The molecule has 182 valence electrons. The molecule has 1 heterocycles. The van der Waals surface area contributed by atoms with Gasteiger partial charge in [0.15, 0.2) is 0 Å². The van der Waals surface area contributed by atoms with Crippen molar-refractivity contribution < 1.29 is 32.4 Å². The molecule has 3 rings (SSSR count). The Bertz CT molecular complexity index is 1020. The summed E-state index contributed by atoms with van der Waals surface area (Å²) in [5.41, 5.74) is -0.361. The number of benzene rings is 2. The van der Waals surface area contributed by atoms with Crippen molar-refractivity contribution in [1.82, 2.24) is 15.5 Å². The minimum atomic E-state index is -4.45. The van der Waals surface area contributed by atoms with Crippen LogP contribution in [-0.4, -0.2) is 61.0 Å². The third-order valence-corrected chi connectivity index (χ3v) is 5.33. The summed E-state index contributed by atoms with van der Waals surface area (Å²) in [7, 11) is 0. The molecule has 0 saturated carbocycles. The predicted octanol–water partition coefficient (Wildman–Crippen LogP) is 2.53. The molecule has 9 nitrogen and oxygen atoms in total. The van der Waals surface area contributed by atoms with E-state index in [1.807, 2.05) is 4.90 Å². The number of hydrogen-bond donors (Lipinski definition) is 2. The largest absolute Gasteiger partial charge is 0.416 e. The van der Waals surface area contributed by atoms with E-state index in [4.69, 9.17) is 4.74 Å². The highest BCUT2D eigenvalue weighted by Crippen LogP contribution is 2.31. The van der Waals surface area contributed by atoms with Crippen molar-refractivity contribution in [3.05, 3.63) is 75.3 Å². The molecule has 1 aliphatic heterocycles. The summed E-state index contributed by atoms with van der Waals surface area (Å²) in [6.45, 7) is 1.76. The van der Waals surface area contributed by atoms with Crippen molar-refractivity contribution >= 4 is 17.5 Å². The van der Waals surface area contributed by atoms with E-state index in [1.54, 1.807) is 0 Å². The number of carbonyl (C=O) groups excluding carboxylic acids is 2. The maximum Gasteiger partial charge on any atom is 0.416 e. The number of alkyl halides is 3. The van der Waals surface area contributed by atoms with Crippen LogP contribution in [0, 0.1) is 10.1 Å². The quantitative estimate of drug-likeness (QED) is 0.444. The summed E-state index contributed by atoms with van der Waals surface area (Å²) < 4.78 is 44.1. The Hall–Kier alpha value is -3.51. The Morgan fingerprint density at radius 3 is 2.38 bits per heavy atom. The van der Waals surface area contributed by atoms with Gasteiger partial charge in [0.25, 0.3) is 11.6 Å². The summed E-state index contributed by atoms with van der Waals surface area (Å²) in [4.78, 5) is 36.8. The molecule has 0 aromatic heterocycles. The predicted molar refractivity (Wildman–Crippen MR) is 115 cm³/mol. The second kappa shape index (κ2) is 11.1. The third kappa shape index (κ3) is 6.75. The molecule has 34 heavy (non-hydrogen) atoms. The summed E-state index contributed by atoms with van der Waals surface area (Å²) in [5.74, 6) is -1.16. The number of rotatable bonds is 8. The second-order valence-electron chi connectivity index (χ2n) is 7.58. The number of nitrogens with one attached hydrogen (secondary N) is 2. The van der Waals surface area contributed by atoms with Gasteiger partial charge in [0.1, 0.15) is 0 Å². The Kier molecular flexibility index (Phi) is 8.18.